The molecule has 2 aromatic rings. The van der Waals surface area contributed by atoms with Gasteiger partial charge in [0.05, 0.1) is 24.6 Å². The fraction of sp³-hybridized carbons (Fsp3) is 0.500. The van der Waals surface area contributed by atoms with E-state index in [1.807, 2.05) is 0 Å². The van der Waals surface area contributed by atoms with Crippen LogP contribution in [0.1, 0.15) is 0 Å². The van der Waals surface area contributed by atoms with E-state index in [2.05, 4.69) is 15.3 Å². The number of hydrogen-bond acceptors (Lipinski definition) is 7. The average Bonchev–Trinajstić information content (AvgIpc) is 2.95. The molecule has 2 aromatic heterocycles. The van der Waals surface area contributed by atoms with Crippen molar-refractivity contribution in [1.29, 1.82) is 0 Å². The fourth-order valence-corrected chi connectivity index (χ4v) is 2.66. The number of anilines is 1. The van der Waals surface area contributed by atoms with Crippen molar-refractivity contribution in [2.45, 2.75) is 24.3 Å². The fourth-order valence-electron chi connectivity index (χ4n) is 2.66. The molecule has 0 aromatic carbocycles. The Hall–Kier alpha value is -1.74. The molecule has 0 aliphatic carbocycles. The molecule has 0 spiro atoms. The number of β-amino-alcohol motifs (C(OH)–C–C–N with tert-alkyl or cyclic N) is 1. The first-order valence-corrected chi connectivity index (χ1v) is 6.35. The Balaban J connectivity index is 1.92. The lowest BCUT2D eigenvalue weighted by Crippen LogP contribution is -2.47. The molecular formula is C12H17N5O3. The Bertz CT molecular complexity index is 631. The van der Waals surface area contributed by atoms with E-state index in [1.54, 1.807) is 16.8 Å². The van der Waals surface area contributed by atoms with E-state index in [0.29, 0.717) is 16.9 Å². The second-order valence-corrected chi connectivity index (χ2v) is 5.16. The number of nitrogen functional groups attached to an aromatic ring is 1. The van der Waals surface area contributed by atoms with Crippen molar-refractivity contribution < 1.29 is 15.3 Å². The second-order valence-electron chi connectivity index (χ2n) is 5.16. The van der Waals surface area contributed by atoms with Crippen molar-refractivity contribution >= 4 is 16.9 Å². The Morgan fingerprint density at radius 3 is 3.00 bits per heavy atom. The summed E-state index contributed by atoms with van der Waals surface area (Å²) >= 11 is 0. The van der Waals surface area contributed by atoms with Crippen LogP contribution in [0.3, 0.4) is 0 Å². The summed E-state index contributed by atoms with van der Waals surface area (Å²) in [5.41, 5.74) is 5.00. The lowest BCUT2D eigenvalue weighted by molar-refractivity contribution is -0.0640. The molecule has 1 aliphatic rings. The number of nitrogens with one attached hydrogen (secondary N) is 1. The van der Waals surface area contributed by atoms with Gasteiger partial charge in [-0.05, 0) is 6.07 Å². The van der Waals surface area contributed by atoms with Gasteiger partial charge in [0, 0.05) is 12.7 Å². The van der Waals surface area contributed by atoms with Gasteiger partial charge in [0.15, 0.2) is 0 Å². The van der Waals surface area contributed by atoms with Crippen LogP contribution in [-0.4, -0.2) is 60.8 Å². The number of aliphatic hydroxyl groups is 3. The standard InChI is InChI=1S/C12H17N5O3/c13-10-7-1-2-17(11(7)16-6-15-10)5-12(20)4-14-8(3-18)9(12)19/h1-2,6,8-9,14,18-20H,3-5H2,(H2,13,15,16)/t8-,9-,12-/m1/s1. The number of nitrogens with zero attached hydrogens (tertiary/aromatic N) is 3. The summed E-state index contributed by atoms with van der Waals surface area (Å²) in [6.07, 6.45) is 2.05. The zero-order valence-corrected chi connectivity index (χ0v) is 10.8. The number of aliphatic hydroxyl groups excluding tert-OH is 2. The van der Waals surface area contributed by atoms with Gasteiger partial charge in [0.2, 0.25) is 0 Å². The van der Waals surface area contributed by atoms with E-state index in [-0.39, 0.29) is 19.7 Å². The van der Waals surface area contributed by atoms with E-state index in [0.717, 1.165) is 0 Å². The van der Waals surface area contributed by atoms with Crippen LogP contribution in [0.5, 0.6) is 0 Å². The Morgan fingerprint density at radius 2 is 2.30 bits per heavy atom. The minimum Gasteiger partial charge on any atom is -0.395 e. The first kappa shape index (κ1) is 13.3. The maximum atomic E-state index is 10.5. The number of nitrogens with two attached hydrogens (primary N) is 1. The highest BCUT2D eigenvalue weighted by Crippen LogP contribution is 2.25. The molecule has 3 heterocycles. The molecule has 0 radical (unpaired) electrons. The van der Waals surface area contributed by atoms with E-state index in [1.165, 1.54) is 6.33 Å². The third-order valence-electron chi connectivity index (χ3n) is 3.83. The minimum absolute atomic E-state index is 0.150. The summed E-state index contributed by atoms with van der Waals surface area (Å²) in [5.74, 6) is 0.374. The predicted molar refractivity (Wildman–Crippen MR) is 71.8 cm³/mol. The predicted octanol–water partition coefficient (Wildman–Crippen LogP) is -1.93. The molecule has 3 rings (SSSR count). The molecule has 20 heavy (non-hydrogen) atoms. The Morgan fingerprint density at radius 1 is 1.50 bits per heavy atom. The number of hydrogen-bond donors (Lipinski definition) is 5. The van der Waals surface area contributed by atoms with Crippen LogP contribution in [0.25, 0.3) is 11.0 Å². The van der Waals surface area contributed by atoms with E-state index in [9.17, 15) is 10.2 Å². The highest BCUT2D eigenvalue weighted by Gasteiger charge is 2.46. The van der Waals surface area contributed by atoms with Gasteiger partial charge in [-0.3, -0.25) is 0 Å². The van der Waals surface area contributed by atoms with E-state index < -0.39 is 17.7 Å². The number of aromatic nitrogens is 3. The highest BCUT2D eigenvalue weighted by atomic mass is 16.3. The monoisotopic (exact) mass is 279 g/mol. The minimum atomic E-state index is -1.36. The lowest BCUT2D eigenvalue weighted by atomic mass is 9.96. The van der Waals surface area contributed by atoms with Crippen molar-refractivity contribution in [2.24, 2.45) is 0 Å². The smallest absolute Gasteiger partial charge is 0.145 e. The molecular weight excluding hydrogens is 262 g/mol. The van der Waals surface area contributed by atoms with Gasteiger partial charge in [-0.15, -0.1) is 0 Å². The van der Waals surface area contributed by atoms with E-state index in [4.69, 9.17) is 10.8 Å². The first-order valence-electron chi connectivity index (χ1n) is 6.35. The van der Waals surface area contributed by atoms with Crippen molar-refractivity contribution in [3.8, 4) is 0 Å². The van der Waals surface area contributed by atoms with E-state index >= 15 is 0 Å². The maximum absolute atomic E-state index is 10.5. The Kier molecular flexibility index (Phi) is 3.09. The molecule has 1 aliphatic heterocycles. The van der Waals surface area contributed by atoms with Gasteiger partial charge >= 0.3 is 0 Å². The zero-order chi connectivity index (χ0) is 14.3. The molecule has 1 fully saturated rings. The molecule has 8 heteroatoms. The van der Waals surface area contributed by atoms with Crippen molar-refractivity contribution in [3.63, 3.8) is 0 Å². The maximum Gasteiger partial charge on any atom is 0.145 e. The number of fused-ring (bicyclic) bond motifs is 1. The zero-order valence-electron chi connectivity index (χ0n) is 10.8. The van der Waals surface area contributed by atoms with Crippen LogP contribution in [0, 0.1) is 0 Å². The van der Waals surface area contributed by atoms with Gasteiger partial charge in [-0.1, -0.05) is 0 Å². The van der Waals surface area contributed by atoms with Crippen LogP contribution in [-0.2, 0) is 6.54 Å². The summed E-state index contributed by atoms with van der Waals surface area (Å²) in [5, 5.41) is 33.4. The second kappa shape index (κ2) is 4.67. The van der Waals surface area contributed by atoms with Gasteiger partial charge in [0.25, 0.3) is 0 Å². The molecule has 8 nitrogen and oxygen atoms in total. The van der Waals surface area contributed by atoms with Crippen LogP contribution in [0.2, 0.25) is 0 Å². The molecule has 0 unspecified atom stereocenters. The number of rotatable bonds is 3. The molecule has 3 atom stereocenters. The largest absolute Gasteiger partial charge is 0.395 e. The molecule has 0 bridgehead atoms. The van der Waals surface area contributed by atoms with Gasteiger partial charge in [0.1, 0.15) is 29.5 Å². The highest BCUT2D eigenvalue weighted by molar-refractivity contribution is 5.85. The summed E-state index contributed by atoms with van der Waals surface area (Å²) < 4.78 is 1.72. The average molecular weight is 279 g/mol. The van der Waals surface area contributed by atoms with Crippen molar-refractivity contribution in [2.75, 3.05) is 18.9 Å². The summed E-state index contributed by atoms with van der Waals surface area (Å²) in [4.78, 5) is 8.05. The van der Waals surface area contributed by atoms with Gasteiger partial charge < -0.3 is 30.9 Å². The van der Waals surface area contributed by atoms with Crippen LogP contribution in [0.15, 0.2) is 18.6 Å². The van der Waals surface area contributed by atoms with Crippen LogP contribution >= 0.6 is 0 Å². The third kappa shape index (κ3) is 1.93. The first-order chi connectivity index (χ1) is 9.55. The van der Waals surface area contributed by atoms with Gasteiger partial charge in [-0.2, -0.15) is 0 Å². The molecule has 108 valence electrons. The quantitative estimate of drug-likeness (QED) is 0.442. The topological polar surface area (TPSA) is 129 Å². The summed E-state index contributed by atoms with van der Waals surface area (Å²) in [6, 6.07) is 1.24. The summed E-state index contributed by atoms with van der Waals surface area (Å²) in [7, 11) is 0. The third-order valence-corrected chi connectivity index (χ3v) is 3.83. The molecule has 0 saturated carbocycles. The van der Waals surface area contributed by atoms with Crippen LogP contribution < -0.4 is 11.1 Å². The summed E-state index contributed by atoms with van der Waals surface area (Å²) in [6.45, 7) is 0.113. The Labute approximate surface area is 114 Å². The van der Waals surface area contributed by atoms with Crippen LogP contribution in [0.4, 0.5) is 5.82 Å². The van der Waals surface area contributed by atoms with Crippen molar-refractivity contribution in [1.82, 2.24) is 19.9 Å². The SMILES string of the molecule is Nc1ncnc2c1ccn2C[C@]1(O)CN[C@H](CO)[C@H]1O. The normalized spacial score (nSPS) is 30.1. The van der Waals surface area contributed by atoms with Gasteiger partial charge in [-0.25, -0.2) is 9.97 Å². The molecule has 0 amide bonds. The molecule has 6 N–H and O–H groups in total. The molecule has 1 saturated heterocycles. The lowest BCUT2D eigenvalue weighted by Gasteiger charge is -2.27. The van der Waals surface area contributed by atoms with Crippen molar-refractivity contribution in [3.05, 3.63) is 18.6 Å².